The third kappa shape index (κ3) is 5.79. The molecule has 2 aliphatic carbocycles. The highest BCUT2D eigenvalue weighted by Crippen LogP contribution is 2.63. The van der Waals surface area contributed by atoms with Crippen LogP contribution in [0.15, 0.2) is 218 Å². The van der Waals surface area contributed by atoms with Gasteiger partial charge in [0.2, 0.25) is 0 Å². The van der Waals surface area contributed by atoms with Crippen molar-refractivity contribution in [1.82, 2.24) is 15.0 Å². The first-order valence-electron chi connectivity index (χ1n) is 21.2. The predicted molar refractivity (Wildman–Crippen MR) is 253 cm³/mol. The Balaban J connectivity index is 1.02. The second-order valence-electron chi connectivity index (χ2n) is 16.2. The lowest BCUT2D eigenvalue weighted by Crippen LogP contribution is -2.25. The number of hydrogen-bond acceptors (Lipinski definition) is 4. The summed E-state index contributed by atoms with van der Waals surface area (Å²) in [7, 11) is 0. The van der Waals surface area contributed by atoms with Crippen molar-refractivity contribution >= 4 is 0 Å². The molecule has 1 spiro atoms. The van der Waals surface area contributed by atoms with E-state index in [9.17, 15) is 5.26 Å². The first-order valence-corrected chi connectivity index (χ1v) is 21.2. The summed E-state index contributed by atoms with van der Waals surface area (Å²) in [4.78, 5) is 15.6. The number of nitrogens with zero attached hydrogens (tertiary/aromatic N) is 4. The van der Waals surface area contributed by atoms with E-state index in [0.717, 1.165) is 61.2 Å². The zero-order chi connectivity index (χ0) is 41.9. The minimum atomic E-state index is -0.506. The topological polar surface area (TPSA) is 62.5 Å². The molecule has 10 aromatic rings. The van der Waals surface area contributed by atoms with Crippen molar-refractivity contribution < 1.29 is 0 Å². The predicted octanol–water partition coefficient (Wildman–Crippen LogP) is 14.1. The van der Waals surface area contributed by atoms with Crippen LogP contribution in [0.25, 0.3) is 89.8 Å². The number of aromatic nitrogens is 3. The molecule has 2 aliphatic rings. The van der Waals surface area contributed by atoms with Gasteiger partial charge in [0.1, 0.15) is 0 Å². The summed E-state index contributed by atoms with van der Waals surface area (Å²) in [6.45, 7) is 0. The van der Waals surface area contributed by atoms with E-state index < -0.39 is 5.41 Å². The van der Waals surface area contributed by atoms with Gasteiger partial charge in [-0.15, -0.1) is 0 Å². The first kappa shape index (κ1) is 36.3. The van der Waals surface area contributed by atoms with Gasteiger partial charge in [0.05, 0.1) is 17.0 Å². The standard InChI is InChI=1S/C59H36N4/c60-37-38-23-33-54-50(35-38)51-36-45(32-34-55(51)59(54)52-21-11-9-18-47(52)48-19-10-12-22-53(48)59)46-17-7-8-20-49(46)58-62-56(43-28-24-41(25-29-43)39-13-3-1-4-14-39)61-57(63-58)44-30-26-42(27-31-44)40-15-5-2-6-16-40/h1-36H. The fourth-order valence-corrected chi connectivity index (χ4v) is 9.95. The molecule has 0 aliphatic heterocycles. The Morgan fingerprint density at radius 2 is 0.667 bits per heavy atom. The van der Waals surface area contributed by atoms with Crippen LogP contribution in [0.2, 0.25) is 0 Å². The van der Waals surface area contributed by atoms with Crippen molar-refractivity contribution in [2.24, 2.45) is 0 Å². The molecule has 4 heteroatoms. The van der Waals surface area contributed by atoms with Crippen LogP contribution < -0.4 is 0 Å². The van der Waals surface area contributed by atoms with Crippen LogP contribution in [0.5, 0.6) is 0 Å². The fourth-order valence-electron chi connectivity index (χ4n) is 9.95. The maximum absolute atomic E-state index is 10.2. The van der Waals surface area contributed by atoms with Gasteiger partial charge < -0.3 is 0 Å². The van der Waals surface area contributed by atoms with E-state index in [-0.39, 0.29) is 0 Å². The number of rotatable bonds is 6. The lowest BCUT2D eigenvalue weighted by molar-refractivity contribution is 0.794. The van der Waals surface area contributed by atoms with Crippen LogP contribution in [0.4, 0.5) is 0 Å². The summed E-state index contributed by atoms with van der Waals surface area (Å²) in [6.07, 6.45) is 0. The lowest BCUT2D eigenvalue weighted by Gasteiger charge is -2.30. The minimum Gasteiger partial charge on any atom is -0.208 e. The van der Waals surface area contributed by atoms with Crippen LogP contribution in [-0.4, -0.2) is 15.0 Å². The molecule has 0 unspecified atom stereocenters. The van der Waals surface area contributed by atoms with Crippen molar-refractivity contribution in [2.75, 3.05) is 0 Å². The van der Waals surface area contributed by atoms with Crippen LogP contribution in [0, 0.1) is 11.3 Å². The largest absolute Gasteiger partial charge is 0.208 e. The Bertz CT molecular complexity index is 3290. The van der Waals surface area contributed by atoms with Crippen molar-refractivity contribution in [3.63, 3.8) is 0 Å². The smallest absolute Gasteiger partial charge is 0.164 e. The van der Waals surface area contributed by atoms with E-state index in [4.69, 9.17) is 15.0 Å². The molecule has 0 N–H and O–H groups in total. The summed E-state index contributed by atoms with van der Waals surface area (Å²) in [5, 5.41) is 10.2. The molecule has 1 heterocycles. The molecular formula is C59H36N4. The number of hydrogen-bond donors (Lipinski definition) is 0. The Morgan fingerprint density at radius 1 is 0.286 bits per heavy atom. The third-order valence-corrected chi connectivity index (χ3v) is 12.8. The highest BCUT2D eigenvalue weighted by Gasteiger charge is 2.51. The van der Waals surface area contributed by atoms with E-state index >= 15 is 0 Å². The maximum Gasteiger partial charge on any atom is 0.164 e. The lowest BCUT2D eigenvalue weighted by atomic mass is 9.70. The Labute approximate surface area is 366 Å². The van der Waals surface area contributed by atoms with Crippen molar-refractivity contribution in [2.45, 2.75) is 5.41 Å². The fraction of sp³-hybridized carbons (Fsp3) is 0.0169. The van der Waals surface area contributed by atoms with Crippen LogP contribution in [0.3, 0.4) is 0 Å². The molecule has 12 rings (SSSR count). The number of benzene rings is 9. The minimum absolute atomic E-state index is 0.506. The van der Waals surface area contributed by atoms with Gasteiger partial charge in [0.15, 0.2) is 17.5 Å². The molecule has 63 heavy (non-hydrogen) atoms. The second kappa shape index (κ2) is 14.6. The maximum atomic E-state index is 10.2. The monoisotopic (exact) mass is 800 g/mol. The van der Waals surface area contributed by atoms with Crippen molar-refractivity contribution in [1.29, 1.82) is 5.26 Å². The molecule has 0 saturated carbocycles. The Morgan fingerprint density at radius 3 is 1.21 bits per heavy atom. The van der Waals surface area contributed by atoms with Gasteiger partial charge in [0, 0.05) is 16.7 Å². The zero-order valence-corrected chi connectivity index (χ0v) is 34.1. The average Bonchev–Trinajstić information content (AvgIpc) is 3.83. The van der Waals surface area contributed by atoms with Gasteiger partial charge in [-0.05, 0) is 96.1 Å². The SMILES string of the molecule is N#Cc1ccc2c(c1)-c1cc(-c3ccccc3-c3nc(-c4ccc(-c5ccccc5)cc4)nc(-c4ccc(-c5ccccc5)cc4)n3)ccc1C21c2ccccc2-c2ccccc21. The summed E-state index contributed by atoms with van der Waals surface area (Å²) in [5.41, 5.74) is 19.1. The van der Waals surface area contributed by atoms with E-state index in [2.05, 4.69) is 206 Å². The van der Waals surface area contributed by atoms with Crippen LogP contribution in [-0.2, 0) is 5.41 Å². The van der Waals surface area contributed by atoms with E-state index in [0.29, 0.717) is 23.0 Å². The van der Waals surface area contributed by atoms with E-state index in [1.165, 1.54) is 33.4 Å². The molecule has 9 aromatic carbocycles. The van der Waals surface area contributed by atoms with Crippen molar-refractivity contribution in [3.8, 4) is 95.9 Å². The van der Waals surface area contributed by atoms with Gasteiger partial charge in [0.25, 0.3) is 0 Å². The zero-order valence-electron chi connectivity index (χ0n) is 34.1. The Hall–Kier alpha value is -8.52. The Kier molecular flexibility index (Phi) is 8.42. The highest BCUT2D eigenvalue weighted by molar-refractivity contribution is 5.97. The summed E-state index contributed by atoms with van der Waals surface area (Å²) in [5.74, 6) is 1.79. The summed E-state index contributed by atoms with van der Waals surface area (Å²) in [6, 6.07) is 79.1. The molecule has 0 atom stereocenters. The molecule has 1 aromatic heterocycles. The van der Waals surface area contributed by atoms with Crippen molar-refractivity contribution in [3.05, 3.63) is 246 Å². The third-order valence-electron chi connectivity index (χ3n) is 12.8. The molecule has 292 valence electrons. The molecule has 0 amide bonds. The molecule has 0 bridgehead atoms. The first-order chi connectivity index (χ1) is 31.2. The highest BCUT2D eigenvalue weighted by atomic mass is 15.0. The van der Waals surface area contributed by atoms with Gasteiger partial charge in [-0.25, -0.2) is 15.0 Å². The quantitative estimate of drug-likeness (QED) is 0.168. The molecule has 4 nitrogen and oxygen atoms in total. The van der Waals surface area contributed by atoms with Crippen LogP contribution in [0.1, 0.15) is 27.8 Å². The molecule has 0 saturated heterocycles. The molecular weight excluding hydrogens is 765 g/mol. The second-order valence-corrected chi connectivity index (χ2v) is 16.2. The normalized spacial score (nSPS) is 12.6. The van der Waals surface area contributed by atoms with E-state index in [1.54, 1.807) is 0 Å². The van der Waals surface area contributed by atoms with Gasteiger partial charge in [-0.2, -0.15) is 5.26 Å². The van der Waals surface area contributed by atoms with Crippen LogP contribution >= 0.6 is 0 Å². The number of nitriles is 1. The van der Waals surface area contributed by atoms with E-state index in [1.807, 2.05) is 18.2 Å². The molecule has 0 fully saturated rings. The van der Waals surface area contributed by atoms with Gasteiger partial charge in [-0.1, -0.05) is 200 Å². The number of fused-ring (bicyclic) bond motifs is 10. The van der Waals surface area contributed by atoms with Gasteiger partial charge in [-0.3, -0.25) is 0 Å². The average molecular weight is 801 g/mol. The van der Waals surface area contributed by atoms with Gasteiger partial charge >= 0.3 is 0 Å². The summed E-state index contributed by atoms with van der Waals surface area (Å²) >= 11 is 0. The molecule has 0 radical (unpaired) electrons. The summed E-state index contributed by atoms with van der Waals surface area (Å²) < 4.78 is 0.